The lowest BCUT2D eigenvalue weighted by atomic mass is 10.1. The fourth-order valence-electron chi connectivity index (χ4n) is 2.09. The minimum Gasteiger partial charge on any atom is -0.394 e. The third kappa shape index (κ3) is 4.82. The van der Waals surface area contributed by atoms with Crippen molar-refractivity contribution in [3.05, 3.63) is 77.6 Å². The summed E-state index contributed by atoms with van der Waals surface area (Å²) in [6, 6.07) is 15.0. The molecule has 0 radical (unpaired) electrons. The molecule has 0 saturated carbocycles. The standard InChI is InChI=1S/C18H18FNO2/c19-16-10-4-6-14(12-16)7-5-11-18(22)20-17(13-21)15-8-2-1-3-9-15/h1-10,12,17,21H,11,13H2,(H,20,22)/b7-5+/t17-/m1/s1. The normalized spacial score (nSPS) is 12.3. The molecule has 0 fully saturated rings. The van der Waals surface area contributed by atoms with E-state index in [1.54, 1.807) is 24.3 Å². The summed E-state index contributed by atoms with van der Waals surface area (Å²) in [6.07, 6.45) is 3.53. The van der Waals surface area contributed by atoms with Crippen LogP contribution < -0.4 is 5.32 Å². The lowest BCUT2D eigenvalue weighted by molar-refractivity contribution is -0.121. The van der Waals surface area contributed by atoms with E-state index in [9.17, 15) is 14.3 Å². The van der Waals surface area contributed by atoms with Gasteiger partial charge in [0.25, 0.3) is 0 Å². The first-order chi connectivity index (χ1) is 10.7. The summed E-state index contributed by atoms with van der Waals surface area (Å²) in [4.78, 5) is 11.9. The van der Waals surface area contributed by atoms with Crippen LogP contribution in [0.3, 0.4) is 0 Å². The average molecular weight is 299 g/mol. The number of hydrogen-bond acceptors (Lipinski definition) is 2. The van der Waals surface area contributed by atoms with Crippen LogP contribution in [0.15, 0.2) is 60.7 Å². The van der Waals surface area contributed by atoms with E-state index in [4.69, 9.17) is 0 Å². The van der Waals surface area contributed by atoms with Gasteiger partial charge in [0.05, 0.1) is 12.6 Å². The predicted octanol–water partition coefficient (Wildman–Crippen LogP) is 3.08. The van der Waals surface area contributed by atoms with Crippen molar-refractivity contribution >= 4 is 12.0 Å². The quantitative estimate of drug-likeness (QED) is 0.861. The number of benzene rings is 2. The second kappa shape index (κ2) is 8.10. The van der Waals surface area contributed by atoms with Crippen LogP contribution in [0.25, 0.3) is 6.08 Å². The second-order valence-corrected chi connectivity index (χ2v) is 4.87. The molecule has 0 spiro atoms. The Morgan fingerprint density at radius 1 is 1.18 bits per heavy atom. The molecule has 114 valence electrons. The molecule has 2 N–H and O–H groups in total. The number of carbonyl (C=O) groups is 1. The molecule has 2 aromatic rings. The van der Waals surface area contributed by atoms with Gasteiger partial charge in [-0.05, 0) is 23.3 Å². The molecule has 0 bridgehead atoms. The molecule has 4 heteroatoms. The van der Waals surface area contributed by atoms with Crippen molar-refractivity contribution in [1.82, 2.24) is 5.32 Å². The maximum Gasteiger partial charge on any atom is 0.224 e. The number of carbonyl (C=O) groups excluding carboxylic acids is 1. The number of rotatable bonds is 6. The molecule has 1 amide bonds. The lowest BCUT2D eigenvalue weighted by Gasteiger charge is -2.16. The van der Waals surface area contributed by atoms with Crippen molar-refractivity contribution in [3.8, 4) is 0 Å². The van der Waals surface area contributed by atoms with E-state index in [2.05, 4.69) is 5.32 Å². The number of hydrogen-bond donors (Lipinski definition) is 2. The summed E-state index contributed by atoms with van der Waals surface area (Å²) < 4.78 is 13.0. The van der Waals surface area contributed by atoms with Crippen molar-refractivity contribution in [1.29, 1.82) is 0 Å². The molecule has 3 nitrogen and oxygen atoms in total. The van der Waals surface area contributed by atoms with Crippen LogP contribution in [0.1, 0.15) is 23.6 Å². The van der Waals surface area contributed by atoms with Crippen molar-refractivity contribution < 1.29 is 14.3 Å². The highest BCUT2D eigenvalue weighted by Crippen LogP contribution is 2.12. The van der Waals surface area contributed by atoms with Gasteiger partial charge in [-0.1, -0.05) is 54.6 Å². The van der Waals surface area contributed by atoms with Crippen LogP contribution in [-0.4, -0.2) is 17.6 Å². The summed E-state index contributed by atoms with van der Waals surface area (Å²) in [5.74, 6) is -0.508. The smallest absolute Gasteiger partial charge is 0.224 e. The highest BCUT2D eigenvalue weighted by Gasteiger charge is 2.11. The van der Waals surface area contributed by atoms with Crippen molar-refractivity contribution in [2.75, 3.05) is 6.61 Å². The van der Waals surface area contributed by atoms with Gasteiger partial charge in [-0.15, -0.1) is 0 Å². The van der Waals surface area contributed by atoms with Crippen molar-refractivity contribution in [2.24, 2.45) is 0 Å². The van der Waals surface area contributed by atoms with Gasteiger partial charge >= 0.3 is 0 Å². The van der Waals surface area contributed by atoms with Crippen LogP contribution in [-0.2, 0) is 4.79 Å². The third-order valence-corrected chi connectivity index (χ3v) is 3.18. The average Bonchev–Trinajstić information content (AvgIpc) is 2.53. The number of amides is 1. The summed E-state index contributed by atoms with van der Waals surface area (Å²) in [5.41, 5.74) is 1.56. The first-order valence-electron chi connectivity index (χ1n) is 7.06. The number of aliphatic hydroxyl groups is 1. The molecule has 2 rings (SSSR count). The zero-order valence-electron chi connectivity index (χ0n) is 12.1. The number of aliphatic hydroxyl groups excluding tert-OH is 1. The molecule has 0 aliphatic rings. The zero-order chi connectivity index (χ0) is 15.8. The summed E-state index contributed by atoms with van der Waals surface area (Å²) in [7, 11) is 0. The molecule has 0 heterocycles. The summed E-state index contributed by atoms with van der Waals surface area (Å²) in [6.45, 7) is -0.163. The third-order valence-electron chi connectivity index (χ3n) is 3.18. The molecule has 0 aliphatic carbocycles. The van der Waals surface area contributed by atoms with Crippen LogP contribution >= 0.6 is 0 Å². The fraction of sp³-hybridized carbons (Fsp3) is 0.167. The van der Waals surface area contributed by atoms with Gasteiger partial charge < -0.3 is 10.4 Å². The van der Waals surface area contributed by atoms with Gasteiger partial charge in [-0.3, -0.25) is 4.79 Å². The minimum atomic E-state index is -0.420. The molecule has 1 atom stereocenters. The Morgan fingerprint density at radius 2 is 1.95 bits per heavy atom. The maximum atomic E-state index is 13.0. The van der Waals surface area contributed by atoms with E-state index >= 15 is 0 Å². The maximum absolute atomic E-state index is 13.0. The molecule has 0 unspecified atom stereocenters. The highest BCUT2D eigenvalue weighted by atomic mass is 19.1. The predicted molar refractivity (Wildman–Crippen MR) is 84.5 cm³/mol. The second-order valence-electron chi connectivity index (χ2n) is 4.87. The van der Waals surface area contributed by atoms with E-state index < -0.39 is 6.04 Å². The largest absolute Gasteiger partial charge is 0.394 e. The van der Waals surface area contributed by atoms with Crippen LogP contribution in [0.4, 0.5) is 4.39 Å². The van der Waals surface area contributed by atoms with E-state index in [-0.39, 0.29) is 24.8 Å². The molecular weight excluding hydrogens is 281 g/mol. The molecule has 0 aliphatic heterocycles. The van der Waals surface area contributed by atoms with Crippen LogP contribution in [0.5, 0.6) is 0 Å². The van der Waals surface area contributed by atoms with Gasteiger partial charge in [0.2, 0.25) is 5.91 Å². The Morgan fingerprint density at radius 3 is 2.64 bits per heavy atom. The molecule has 2 aromatic carbocycles. The first-order valence-corrected chi connectivity index (χ1v) is 7.06. The van der Waals surface area contributed by atoms with Crippen LogP contribution in [0, 0.1) is 5.82 Å². The van der Waals surface area contributed by atoms with E-state index in [1.165, 1.54) is 12.1 Å². The first kappa shape index (κ1) is 15.9. The Balaban J connectivity index is 1.89. The van der Waals surface area contributed by atoms with Gasteiger partial charge in [0.15, 0.2) is 0 Å². The molecule has 0 saturated heterocycles. The molecular formula is C18H18FNO2. The van der Waals surface area contributed by atoms with E-state index in [0.717, 1.165) is 5.56 Å². The number of halogens is 1. The highest BCUT2D eigenvalue weighted by molar-refractivity contribution is 5.79. The zero-order valence-corrected chi connectivity index (χ0v) is 12.1. The SMILES string of the molecule is O=C(C/C=C/c1cccc(F)c1)N[C@H](CO)c1ccccc1. The van der Waals surface area contributed by atoms with Gasteiger partial charge in [0, 0.05) is 6.42 Å². The minimum absolute atomic E-state index is 0.163. The number of nitrogens with one attached hydrogen (secondary N) is 1. The van der Waals surface area contributed by atoms with Crippen molar-refractivity contribution in [3.63, 3.8) is 0 Å². The van der Waals surface area contributed by atoms with Crippen LogP contribution in [0.2, 0.25) is 0 Å². The van der Waals surface area contributed by atoms with E-state index in [1.807, 2.05) is 30.3 Å². The van der Waals surface area contributed by atoms with Gasteiger partial charge in [-0.25, -0.2) is 4.39 Å². The van der Waals surface area contributed by atoms with Gasteiger partial charge in [0.1, 0.15) is 5.82 Å². The summed E-state index contributed by atoms with van der Waals surface area (Å²) in [5, 5.41) is 12.2. The lowest BCUT2D eigenvalue weighted by Crippen LogP contribution is -2.30. The Kier molecular flexibility index (Phi) is 5.86. The van der Waals surface area contributed by atoms with E-state index in [0.29, 0.717) is 5.56 Å². The Labute approximate surface area is 129 Å². The monoisotopic (exact) mass is 299 g/mol. The van der Waals surface area contributed by atoms with Gasteiger partial charge in [-0.2, -0.15) is 0 Å². The topological polar surface area (TPSA) is 49.3 Å². The molecule has 0 aromatic heterocycles. The molecule has 22 heavy (non-hydrogen) atoms. The Bertz CT molecular complexity index is 641. The summed E-state index contributed by atoms with van der Waals surface area (Å²) >= 11 is 0. The fourth-order valence-corrected chi connectivity index (χ4v) is 2.09. The Hall–Kier alpha value is -2.46. The van der Waals surface area contributed by atoms with Crippen molar-refractivity contribution in [2.45, 2.75) is 12.5 Å².